The number of carbonyl (C=O) groups is 1. The van der Waals surface area contributed by atoms with Gasteiger partial charge in [-0.05, 0) is 36.4 Å². The first-order valence-electron chi connectivity index (χ1n) is 6.07. The molecule has 106 valence electrons. The largest absolute Gasteiger partial charge is 0.360 e. The number of halogens is 3. The third kappa shape index (κ3) is 2.86. The van der Waals surface area contributed by atoms with Gasteiger partial charge in [0.05, 0.1) is 15.6 Å². The molecule has 21 heavy (non-hydrogen) atoms. The minimum Gasteiger partial charge on any atom is -0.360 e. The number of benzene rings is 2. The fourth-order valence-corrected chi connectivity index (χ4v) is 2.52. The van der Waals surface area contributed by atoms with E-state index >= 15 is 0 Å². The summed E-state index contributed by atoms with van der Waals surface area (Å²) in [6.07, 6.45) is 1.65. The van der Waals surface area contributed by atoms with Crippen LogP contribution in [0, 0.1) is 0 Å². The fourth-order valence-electron chi connectivity index (χ4n) is 2.05. The van der Waals surface area contributed by atoms with Gasteiger partial charge in [-0.3, -0.25) is 4.79 Å². The van der Waals surface area contributed by atoms with Crippen molar-refractivity contribution in [2.24, 2.45) is 0 Å². The molecule has 2 N–H and O–H groups in total. The smallest absolute Gasteiger partial charge is 0.257 e. The van der Waals surface area contributed by atoms with E-state index in [1.807, 2.05) is 6.07 Å². The molecule has 3 aromatic rings. The van der Waals surface area contributed by atoms with Crippen LogP contribution in [0.5, 0.6) is 0 Å². The first-order valence-corrected chi connectivity index (χ1v) is 7.21. The molecule has 3 rings (SSSR count). The van der Waals surface area contributed by atoms with Crippen LogP contribution in [0.25, 0.3) is 10.9 Å². The molecular weight excluding hydrogens is 331 g/mol. The quantitative estimate of drug-likeness (QED) is 0.647. The maximum atomic E-state index is 12.3. The van der Waals surface area contributed by atoms with E-state index < -0.39 is 0 Å². The monoisotopic (exact) mass is 338 g/mol. The second kappa shape index (κ2) is 5.60. The lowest BCUT2D eigenvalue weighted by atomic mass is 10.1. The predicted molar refractivity (Wildman–Crippen MR) is 87.7 cm³/mol. The fraction of sp³-hybridized carbons (Fsp3) is 0. The molecule has 0 unspecified atom stereocenters. The van der Waals surface area contributed by atoms with Crippen molar-refractivity contribution < 1.29 is 4.79 Å². The van der Waals surface area contributed by atoms with Crippen molar-refractivity contribution >= 4 is 57.3 Å². The maximum Gasteiger partial charge on any atom is 0.257 e. The van der Waals surface area contributed by atoms with E-state index in [-0.39, 0.29) is 5.91 Å². The first kappa shape index (κ1) is 14.3. The van der Waals surface area contributed by atoms with Crippen molar-refractivity contribution in [1.82, 2.24) is 4.98 Å². The molecule has 6 heteroatoms. The molecule has 1 aromatic heterocycles. The minimum atomic E-state index is -0.248. The molecule has 0 aliphatic heterocycles. The van der Waals surface area contributed by atoms with Gasteiger partial charge >= 0.3 is 0 Å². The number of amides is 1. The second-order valence-electron chi connectivity index (χ2n) is 4.48. The van der Waals surface area contributed by atoms with E-state index in [2.05, 4.69) is 10.3 Å². The molecule has 1 amide bonds. The van der Waals surface area contributed by atoms with Gasteiger partial charge in [0.15, 0.2) is 0 Å². The van der Waals surface area contributed by atoms with Gasteiger partial charge in [-0.15, -0.1) is 0 Å². The average molecular weight is 340 g/mol. The lowest BCUT2D eigenvalue weighted by Crippen LogP contribution is -2.11. The van der Waals surface area contributed by atoms with Gasteiger partial charge in [0, 0.05) is 27.8 Å². The highest BCUT2D eigenvalue weighted by Gasteiger charge is 2.13. The number of hydrogen-bond acceptors (Lipinski definition) is 1. The van der Waals surface area contributed by atoms with Crippen molar-refractivity contribution in [2.75, 3.05) is 5.32 Å². The topological polar surface area (TPSA) is 44.9 Å². The number of rotatable bonds is 2. The number of fused-ring (bicyclic) bond motifs is 1. The molecule has 0 aliphatic carbocycles. The van der Waals surface area contributed by atoms with Crippen molar-refractivity contribution in [3.8, 4) is 0 Å². The molecule has 1 heterocycles. The van der Waals surface area contributed by atoms with Crippen LogP contribution in [0.15, 0.2) is 42.6 Å². The van der Waals surface area contributed by atoms with Crippen molar-refractivity contribution in [3.63, 3.8) is 0 Å². The summed E-state index contributed by atoms with van der Waals surface area (Å²) in [7, 11) is 0. The van der Waals surface area contributed by atoms with Gasteiger partial charge in [-0.2, -0.15) is 0 Å². The number of nitrogens with one attached hydrogen (secondary N) is 2. The summed E-state index contributed by atoms with van der Waals surface area (Å²) in [4.78, 5) is 15.4. The van der Waals surface area contributed by atoms with Crippen molar-refractivity contribution in [3.05, 3.63) is 63.2 Å². The second-order valence-corrected chi connectivity index (χ2v) is 5.73. The Morgan fingerprint density at radius 3 is 2.57 bits per heavy atom. The molecule has 0 saturated heterocycles. The van der Waals surface area contributed by atoms with Gasteiger partial charge in [0.25, 0.3) is 5.91 Å². The Labute approximate surface area is 135 Å². The molecule has 0 saturated carbocycles. The molecule has 0 fully saturated rings. The number of hydrogen-bond donors (Lipinski definition) is 2. The molecule has 2 aromatic carbocycles. The van der Waals surface area contributed by atoms with E-state index in [9.17, 15) is 4.79 Å². The van der Waals surface area contributed by atoms with Crippen LogP contribution in [0.4, 0.5) is 5.69 Å². The molecule has 0 spiro atoms. The molecule has 3 nitrogen and oxygen atoms in total. The van der Waals surface area contributed by atoms with Crippen LogP contribution >= 0.6 is 34.8 Å². The summed E-state index contributed by atoms with van der Waals surface area (Å²) in [5, 5.41) is 4.94. The zero-order valence-electron chi connectivity index (χ0n) is 10.6. The van der Waals surface area contributed by atoms with E-state index in [0.717, 1.165) is 10.9 Å². The number of H-pyrrole nitrogens is 1. The summed E-state index contributed by atoms with van der Waals surface area (Å²) in [5.74, 6) is -0.248. The van der Waals surface area contributed by atoms with Crippen LogP contribution in [0.1, 0.15) is 10.4 Å². The Morgan fingerprint density at radius 1 is 1.00 bits per heavy atom. The highest BCUT2D eigenvalue weighted by Crippen LogP contribution is 2.27. The molecule has 0 atom stereocenters. The van der Waals surface area contributed by atoms with Gasteiger partial charge < -0.3 is 10.3 Å². The highest BCUT2D eigenvalue weighted by atomic mass is 35.5. The van der Waals surface area contributed by atoms with Crippen LogP contribution < -0.4 is 5.32 Å². The number of anilines is 1. The zero-order valence-corrected chi connectivity index (χ0v) is 12.9. The lowest BCUT2D eigenvalue weighted by Gasteiger charge is -2.05. The van der Waals surface area contributed by atoms with Crippen LogP contribution in [0.3, 0.4) is 0 Å². The third-order valence-electron chi connectivity index (χ3n) is 3.07. The van der Waals surface area contributed by atoms with Crippen LogP contribution in [-0.2, 0) is 0 Å². The van der Waals surface area contributed by atoms with Gasteiger partial charge in [-0.25, -0.2) is 0 Å². The summed E-state index contributed by atoms with van der Waals surface area (Å²) < 4.78 is 0. The molecule has 0 radical (unpaired) electrons. The number of carbonyl (C=O) groups excluding carboxylic acids is 1. The summed E-state index contributed by atoms with van der Waals surface area (Å²) >= 11 is 17.8. The summed E-state index contributed by atoms with van der Waals surface area (Å²) in [6, 6.07) is 10.3. The molecule has 0 aliphatic rings. The summed E-state index contributed by atoms with van der Waals surface area (Å²) in [5.41, 5.74) is 1.93. The van der Waals surface area contributed by atoms with E-state index in [0.29, 0.717) is 26.3 Å². The minimum absolute atomic E-state index is 0.248. The Bertz CT molecular complexity index is 842. The van der Waals surface area contributed by atoms with E-state index in [1.165, 1.54) is 0 Å². The standard InChI is InChI=1S/C15H9Cl3N2O/c16-8-1-4-14-10(5-8)11(7-19-14)15(21)20-9-2-3-12(17)13(18)6-9/h1-7,19H,(H,20,21). The van der Waals surface area contributed by atoms with Gasteiger partial charge in [0.1, 0.15) is 0 Å². The zero-order chi connectivity index (χ0) is 15.0. The first-order chi connectivity index (χ1) is 10.0. The third-order valence-corrected chi connectivity index (χ3v) is 4.04. The van der Waals surface area contributed by atoms with Crippen LogP contribution in [0.2, 0.25) is 15.1 Å². The van der Waals surface area contributed by atoms with E-state index in [1.54, 1.807) is 36.5 Å². The molecular formula is C15H9Cl3N2O. The average Bonchev–Trinajstić information content (AvgIpc) is 2.86. The van der Waals surface area contributed by atoms with Crippen molar-refractivity contribution in [2.45, 2.75) is 0 Å². The predicted octanol–water partition coefficient (Wildman–Crippen LogP) is 5.38. The number of aromatic amines is 1. The van der Waals surface area contributed by atoms with Gasteiger partial charge in [0.2, 0.25) is 0 Å². The Hall–Kier alpha value is -1.68. The summed E-state index contributed by atoms with van der Waals surface area (Å²) in [6.45, 7) is 0. The SMILES string of the molecule is O=C(Nc1ccc(Cl)c(Cl)c1)c1c[nH]c2ccc(Cl)cc12. The van der Waals surface area contributed by atoms with Crippen LogP contribution in [-0.4, -0.2) is 10.9 Å². The maximum absolute atomic E-state index is 12.3. The lowest BCUT2D eigenvalue weighted by molar-refractivity contribution is 0.102. The van der Waals surface area contributed by atoms with Crippen molar-refractivity contribution in [1.29, 1.82) is 0 Å². The molecule has 0 bridgehead atoms. The highest BCUT2D eigenvalue weighted by molar-refractivity contribution is 6.42. The Kier molecular flexibility index (Phi) is 3.81. The Morgan fingerprint density at radius 2 is 1.81 bits per heavy atom. The normalized spacial score (nSPS) is 10.8. The van der Waals surface area contributed by atoms with E-state index in [4.69, 9.17) is 34.8 Å². The van der Waals surface area contributed by atoms with Gasteiger partial charge in [-0.1, -0.05) is 34.8 Å². The number of aromatic nitrogens is 1. The Balaban J connectivity index is 1.93.